The van der Waals surface area contributed by atoms with Crippen LogP contribution < -0.4 is 4.74 Å². The van der Waals surface area contributed by atoms with E-state index in [1.165, 1.54) is 11.3 Å². The molecule has 162 valence electrons. The second-order valence-electron chi connectivity index (χ2n) is 8.80. The smallest absolute Gasteiger partial charge is 0.352 e. The van der Waals surface area contributed by atoms with Crippen molar-refractivity contribution in [1.82, 2.24) is 0 Å². The molecule has 6 nitrogen and oxygen atoms in total. The molecule has 2 rings (SSSR count). The molecule has 0 aliphatic heterocycles. The Balaban J connectivity index is 2.44. The Labute approximate surface area is 181 Å². The van der Waals surface area contributed by atoms with Crippen molar-refractivity contribution in [2.75, 3.05) is 6.61 Å². The van der Waals surface area contributed by atoms with Crippen molar-refractivity contribution in [3.63, 3.8) is 0 Å². The minimum absolute atomic E-state index is 0.304. The van der Waals surface area contributed by atoms with Gasteiger partial charge in [0, 0.05) is 10.4 Å². The van der Waals surface area contributed by atoms with Gasteiger partial charge < -0.3 is 14.2 Å². The van der Waals surface area contributed by atoms with Crippen LogP contribution in [0.1, 0.15) is 56.8 Å². The summed E-state index contributed by atoms with van der Waals surface area (Å²) in [5, 5.41) is 0. The standard InChI is InChI=1S/C23H29NO5S/c1-14-18(27-13-17(25)28-22(2,3)4)20(21(26)29-23(5,6)7)30-19(14)15-10-9-11-16(12-15)24-8/h9-12H,8,13H2,1-7H3. The van der Waals surface area contributed by atoms with Gasteiger partial charge in [-0.05, 0) is 72.9 Å². The second kappa shape index (κ2) is 9.00. The van der Waals surface area contributed by atoms with Crippen molar-refractivity contribution < 1.29 is 23.8 Å². The van der Waals surface area contributed by atoms with Gasteiger partial charge in [0.05, 0.1) is 5.69 Å². The predicted molar refractivity (Wildman–Crippen MR) is 120 cm³/mol. The molecular formula is C23H29NO5S. The maximum atomic E-state index is 12.8. The van der Waals surface area contributed by atoms with Crippen LogP contribution in [0.15, 0.2) is 29.3 Å². The quantitative estimate of drug-likeness (QED) is 0.431. The van der Waals surface area contributed by atoms with Gasteiger partial charge in [-0.25, -0.2) is 9.59 Å². The van der Waals surface area contributed by atoms with Gasteiger partial charge in [0.15, 0.2) is 11.5 Å². The number of carbonyl (C=O) groups is 2. The van der Waals surface area contributed by atoms with Crippen molar-refractivity contribution >= 4 is 35.7 Å². The Morgan fingerprint density at radius 3 is 2.27 bits per heavy atom. The van der Waals surface area contributed by atoms with Crippen LogP contribution in [0.2, 0.25) is 0 Å². The van der Waals surface area contributed by atoms with Gasteiger partial charge >= 0.3 is 11.9 Å². The summed E-state index contributed by atoms with van der Waals surface area (Å²) in [4.78, 5) is 30.1. The van der Waals surface area contributed by atoms with E-state index in [9.17, 15) is 9.59 Å². The van der Waals surface area contributed by atoms with Crippen molar-refractivity contribution in [2.24, 2.45) is 4.99 Å². The number of benzene rings is 1. The first-order chi connectivity index (χ1) is 13.8. The third kappa shape index (κ3) is 6.42. The van der Waals surface area contributed by atoms with Gasteiger partial charge in [0.1, 0.15) is 17.0 Å². The first-order valence-corrected chi connectivity index (χ1v) is 10.4. The van der Waals surface area contributed by atoms with Crippen molar-refractivity contribution in [1.29, 1.82) is 0 Å². The molecule has 0 aliphatic carbocycles. The number of carbonyl (C=O) groups excluding carboxylic acids is 2. The molecule has 0 radical (unpaired) electrons. The number of thiophene rings is 1. The largest absolute Gasteiger partial charge is 0.480 e. The van der Waals surface area contributed by atoms with Gasteiger partial charge in [-0.3, -0.25) is 4.99 Å². The van der Waals surface area contributed by atoms with E-state index in [0.717, 1.165) is 21.7 Å². The molecule has 1 aromatic carbocycles. The highest BCUT2D eigenvalue weighted by Crippen LogP contribution is 2.43. The van der Waals surface area contributed by atoms with Gasteiger partial charge in [-0.2, -0.15) is 0 Å². The summed E-state index contributed by atoms with van der Waals surface area (Å²) in [6.45, 7) is 15.8. The molecular weight excluding hydrogens is 402 g/mol. The highest BCUT2D eigenvalue weighted by atomic mass is 32.1. The average Bonchev–Trinajstić information content (AvgIpc) is 2.94. The fourth-order valence-corrected chi connectivity index (χ4v) is 3.78. The molecule has 0 saturated heterocycles. The summed E-state index contributed by atoms with van der Waals surface area (Å²) in [6, 6.07) is 7.51. The van der Waals surface area contributed by atoms with Crippen LogP contribution in [0.5, 0.6) is 5.75 Å². The van der Waals surface area contributed by atoms with E-state index in [0.29, 0.717) is 10.6 Å². The molecule has 30 heavy (non-hydrogen) atoms. The van der Waals surface area contributed by atoms with Gasteiger partial charge in [-0.1, -0.05) is 12.1 Å². The summed E-state index contributed by atoms with van der Waals surface area (Å²) in [5.41, 5.74) is 1.05. The molecule has 0 spiro atoms. The maximum Gasteiger partial charge on any atom is 0.352 e. The third-order valence-corrected chi connectivity index (χ3v) is 5.02. The van der Waals surface area contributed by atoms with Crippen molar-refractivity contribution in [3.05, 3.63) is 34.7 Å². The van der Waals surface area contributed by atoms with Crippen LogP contribution in [0.4, 0.5) is 5.69 Å². The lowest BCUT2D eigenvalue weighted by Crippen LogP contribution is -2.28. The molecule has 1 heterocycles. The predicted octanol–water partition coefficient (Wildman–Crippen LogP) is 5.73. The topological polar surface area (TPSA) is 74.2 Å². The fraction of sp³-hybridized carbons (Fsp3) is 0.435. The summed E-state index contributed by atoms with van der Waals surface area (Å²) in [7, 11) is 0. The molecule has 0 unspecified atom stereocenters. The Bertz CT molecular complexity index is 947. The zero-order valence-electron chi connectivity index (χ0n) is 18.6. The second-order valence-corrected chi connectivity index (χ2v) is 9.82. The average molecular weight is 432 g/mol. The Morgan fingerprint density at radius 2 is 1.70 bits per heavy atom. The molecule has 0 amide bonds. The summed E-state index contributed by atoms with van der Waals surface area (Å²) < 4.78 is 16.6. The number of ether oxygens (including phenoxy) is 3. The molecule has 0 atom stereocenters. The Kier molecular flexibility index (Phi) is 7.08. The number of aliphatic imine (C=N–C) groups is 1. The fourth-order valence-electron chi connectivity index (χ4n) is 2.65. The Morgan fingerprint density at radius 1 is 1.07 bits per heavy atom. The van der Waals surface area contributed by atoms with E-state index >= 15 is 0 Å². The summed E-state index contributed by atoms with van der Waals surface area (Å²) in [5.74, 6) is -0.686. The lowest BCUT2D eigenvalue weighted by molar-refractivity contribution is -0.157. The van der Waals surface area contributed by atoms with Crippen LogP contribution in [-0.2, 0) is 14.3 Å². The molecule has 0 aliphatic rings. The SMILES string of the molecule is C=Nc1cccc(-c2sc(C(=O)OC(C)(C)C)c(OCC(=O)OC(C)(C)C)c2C)c1. The summed E-state index contributed by atoms with van der Waals surface area (Å²) >= 11 is 1.26. The van der Waals surface area contributed by atoms with Gasteiger partial charge in [0.25, 0.3) is 0 Å². The number of esters is 2. The molecule has 0 bridgehead atoms. The molecule has 0 fully saturated rings. The van der Waals surface area contributed by atoms with Gasteiger partial charge in [0.2, 0.25) is 0 Å². The van der Waals surface area contributed by atoms with Gasteiger partial charge in [-0.15, -0.1) is 11.3 Å². The van der Waals surface area contributed by atoms with E-state index < -0.39 is 23.1 Å². The minimum atomic E-state index is -0.662. The maximum absolute atomic E-state index is 12.8. The van der Waals surface area contributed by atoms with E-state index in [1.54, 1.807) is 41.5 Å². The monoisotopic (exact) mass is 431 g/mol. The van der Waals surface area contributed by atoms with Crippen LogP contribution in [-0.4, -0.2) is 36.5 Å². The van der Waals surface area contributed by atoms with E-state index in [1.807, 2.05) is 31.2 Å². The normalized spacial score (nSPS) is 11.7. The van der Waals surface area contributed by atoms with Crippen LogP contribution in [0.3, 0.4) is 0 Å². The highest BCUT2D eigenvalue weighted by Gasteiger charge is 2.28. The van der Waals surface area contributed by atoms with Crippen LogP contribution in [0, 0.1) is 6.92 Å². The molecule has 7 heteroatoms. The van der Waals surface area contributed by atoms with Crippen molar-refractivity contribution in [2.45, 2.75) is 59.7 Å². The number of nitrogens with zero attached hydrogens (tertiary/aromatic N) is 1. The minimum Gasteiger partial charge on any atom is -0.480 e. The highest BCUT2D eigenvalue weighted by molar-refractivity contribution is 7.18. The first-order valence-electron chi connectivity index (χ1n) is 9.59. The van der Waals surface area contributed by atoms with Crippen molar-refractivity contribution in [3.8, 4) is 16.2 Å². The molecule has 2 aromatic rings. The van der Waals surface area contributed by atoms with Crippen LogP contribution >= 0.6 is 11.3 Å². The lowest BCUT2D eigenvalue weighted by Gasteiger charge is -2.20. The molecule has 0 saturated carbocycles. The van der Waals surface area contributed by atoms with Crippen LogP contribution in [0.25, 0.3) is 10.4 Å². The molecule has 0 N–H and O–H groups in total. The number of rotatable bonds is 6. The Hall–Kier alpha value is -2.67. The van der Waals surface area contributed by atoms with E-state index in [-0.39, 0.29) is 6.61 Å². The van der Waals surface area contributed by atoms with E-state index in [4.69, 9.17) is 14.2 Å². The zero-order valence-corrected chi connectivity index (χ0v) is 19.4. The number of hydrogen-bond donors (Lipinski definition) is 0. The zero-order chi connectivity index (χ0) is 22.7. The van der Waals surface area contributed by atoms with E-state index in [2.05, 4.69) is 11.7 Å². The summed E-state index contributed by atoms with van der Waals surface area (Å²) in [6.07, 6.45) is 0. The first kappa shape index (κ1) is 23.6. The lowest BCUT2D eigenvalue weighted by atomic mass is 10.1. The molecule has 1 aromatic heterocycles. The third-order valence-electron chi connectivity index (χ3n) is 3.72. The number of hydrogen-bond acceptors (Lipinski definition) is 7.